The van der Waals surface area contributed by atoms with E-state index in [1.165, 1.54) is 11.3 Å². The maximum Gasteiger partial charge on any atom is 0.273 e. The number of hydrogen-bond acceptors (Lipinski definition) is 8. The fourth-order valence-corrected chi connectivity index (χ4v) is 4.72. The van der Waals surface area contributed by atoms with Crippen LogP contribution in [0.2, 0.25) is 5.02 Å². The Bertz CT molecular complexity index is 970. The number of aryl methyl sites for hydroxylation is 1. The van der Waals surface area contributed by atoms with Crippen LogP contribution in [0.3, 0.4) is 0 Å². The van der Waals surface area contributed by atoms with Gasteiger partial charge in [-0.3, -0.25) is 9.69 Å². The number of halogens is 1. The number of benzene rings is 1. The topological polar surface area (TPSA) is 71.5 Å². The molecular formula is C18H22ClN5O2S2. The molecule has 2 heterocycles. The second-order valence-electron chi connectivity index (χ2n) is 6.09. The number of carbonyl (C=O) groups is 1. The van der Waals surface area contributed by atoms with Gasteiger partial charge in [-0.1, -0.05) is 41.3 Å². The minimum atomic E-state index is -0.145. The summed E-state index contributed by atoms with van der Waals surface area (Å²) < 4.78 is 10.1. The van der Waals surface area contributed by atoms with Crippen LogP contribution in [0, 0.1) is 6.92 Å². The molecule has 0 aliphatic carbocycles. The lowest BCUT2D eigenvalue weighted by molar-refractivity contribution is 0.0987. The maximum atomic E-state index is 13.3. The first kappa shape index (κ1) is 20.9. The summed E-state index contributed by atoms with van der Waals surface area (Å²) >= 11 is 8.86. The fraction of sp³-hybridized carbons (Fsp3) is 0.444. The van der Waals surface area contributed by atoms with Crippen molar-refractivity contribution >= 4 is 55.7 Å². The Hall–Kier alpha value is -1.81. The molecule has 0 unspecified atom stereocenters. The first-order chi connectivity index (χ1) is 13.5. The molecule has 0 atom stereocenters. The summed E-state index contributed by atoms with van der Waals surface area (Å²) in [6, 6.07) is 3.57. The molecule has 3 rings (SSSR count). The summed E-state index contributed by atoms with van der Waals surface area (Å²) in [7, 11) is 1.59. The van der Waals surface area contributed by atoms with Crippen molar-refractivity contribution < 1.29 is 9.53 Å². The molecule has 0 bridgehead atoms. The van der Waals surface area contributed by atoms with Crippen molar-refractivity contribution in [3.05, 3.63) is 27.7 Å². The van der Waals surface area contributed by atoms with Crippen molar-refractivity contribution in [2.45, 2.75) is 20.8 Å². The molecule has 3 aromatic rings. The van der Waals surface area contributed by atoms with Crippen LogP contribution in [-0.4, -0.2) is 58.7 Å². The van der Waals surface area contributed by atoms with E-state index >= 15 is 0 Å². The molecule has 0 saturated heterocycles. The highest BCUT2D eigenvalue weighted by Crippen LogP contribution is 2.39. The number of methoxy groups -OCH3 is 1. The largest absolute Gasteiger partial charge is 0.494 e. The molecule has 0 aliphatic heterocycles. The standard InChI is InChI=1S/C18H22ClN5O2S2/c1-5-23(6-2)9-10-24(17(25)15-11(3)21-22-28-15)18-20-14-13(26-4)8-7-12(19)16(14)27-18/h7-8H,5-6,9-10H2,1-4H3. The van der Waals surface area contributed by atoms with Gasteiger partial charge in [0.2, 0.25) is 0 Å². The Morgan fingerprint density at radius 1 is 1.25 bits per heavy atom. The van der Waals surface area contributed by atoms with Gasteiger partial charge in [-0.2, -0.15) is 0 Å². The Morgan fingerprint density at radius 2 is 2.00 bits per heavy atom. The molecule has 10 heteroatoms. The predicted molar refractivity (Wildman–Crippen MR) is 115 cm³/mol. The van der Waals surface area contributed by atoms with Gasteiger partial charge in [-0.25, -0.2) is 4.98 Å². The number of rotatable bonds is 8. The number of carbonyl (C=O) groups excluding carboxylic acids is 1. The quantitative estimate of drug-likeness (QED) is 0.526. The van der Waals surface area contributed by atoms with Crippen LogP contribution in [0.1, 0.15) is 29.2 Å². The smallest absolute Gasteiger partial charge is 0.273 e. The molecule has 28 heavy (non-hydrogen) atoms. The van der Waals surface area contributed by atoms with E-state index < -0.39 is 0 Å². The molecule has 0 aliphatic rings. The van der Waals surface area contributed by atoms with E-state index in [0.29, 0.717) is 38.5 Å². The SMILES string of the molecule is CCN(CC)CCN(C(=O)c1snnc1C)c1nc2c(OC)ccc(Cl)c2s1. The first-order valence-corrected chi connectivity index (χ1v) is 10.9. The number of nitrogens with zero attached hydrogens (tertiary/aromatic N) is 5. The summed E-state index contributed by atoms with van der Waals surface area (Å²) in [4.78, 5) is 22.5. The number of thiazole rings is 1. The Kier molecular flexibility index (Phi) is 6.82. The van der Waals surface area contributed by atoms with Crippen molar-refractivity contribution in [1.29, 1.82) is 0 Å². The minimum Gasteiger partial charge on any atom is -0.494 e. The normalized spacial score (nSPS) is 11.4. The van der Waals surface area contributed by atoms with E-state index in [2.05, 4.69) is 28.3 Å². The summed E-state index contributed by atoms with van der Waals surface area (Å²) in [6.45, 7) is 9.09. The maximum absolute atomic E-state index is 13.3. The molecule has 0 spiro atoms. The van der Waals surface area contributed by atoms with Crippen LogP contribution in [0.5, 0.6) is 5.75 Å². The predicted octanol–water partition coefficient (Wildman–Crippen LogP) is 4.11. The van der Waals surface area contributed by atoms with Gasteiger partial charge in [-0.15, -0.1) is 5.10 Å². The van der Waals surface area contributed by atoms with E-state index in [1.807, 2.05) is 0 Å². The van der Waals surface area contributed by atoms with Gasteiger partial charge in [-0.05, 0) is 43.7 Å². The first-order valence-electron chi connectivity index (χ1n) is 8.96. The molecule has 150 valence electrons. The Labute approximate surface area is 177 Å². The Morgan fingerprint density at radius 3 is 2.61 bits per heavy atom. The molecule has 0 radical (unpaired) electrons. The molecule has 0 fully saturated rings. The van der Waals surface area contributed by atoms with Crippen LogP contribution < -0.4 is 9.64 Å². The van der Waals surface area contributed by atoms with Crippen LogP contribution in [0.4, 0.5) is 5.13 Å². The second kappa shape index (κ2) is 9.13. The van der Waals surface area contributed by atoms with Gasteiger partial charge in [0.15, 0.2) is 5.13 Å². The van der Waals surface area contributed by atoms with Gasteiger partial charge in [0.25, 0.3) is 5.91 Å². The van der Waals surface area contributed by atoms with Crippen LogP contribution in [-0.2, 0) is 0 Å². The molecular weight excluding hydrogens is 418 g/mol. The van der Waals surface area contributed by atoms with Crippen molar-refractivity contribution in [3.8, 4) is 5.75 Å². The summed E-state index contributed by atoms with van der Waals surface area (Å²) in [5.74, 6) is 0.488. The van der Waals surface area contributed by atoms with Crippen LogP contribution in [0.25, 0.3) is 10.2 Å². The van der Waals surface area contributed by atoms with Crippen LogP contribution >= 0.6 is 34.5 Å². The zero-order valence-corrected chi connectivity index (χ0v) is 18.6. The summed E-state index contributed by atoms with van der Waals surface area (Å²) in [5.41, 5.74) is 1.29. The number of hydrogen-bond donors (Lipinski definition) is 0. The monoisotopic (exact) mass is 439 g/mol. The highest BCUT2D eigenvalue weighted by Gasteiger charge is 2.26. The van der Waals surface area contributed by atoms with Gasteiger partial charge in [0, 0.05) is 13.1 Å². The van der Waals surface area contributed by atoms with Crippen molar-refractivity contribution in [3.63, 3.8) is 0 Å². The molecule has 7 nitrogen and oxygen atoms in total. The number of likely N-dealkylation sites (N-methyl/N-ethyl adjacent to an activating group) is 1. The minimum absolute atomic E-state index is 0.145. The van der Waals surface area contributed by atoms with E-state index in [1.54, 1.807) is 31.1 Å². The lowest BCUT2D eigenvalue weighted by Crippen LogP contribution is -2.38. The average molecular weight is 440 g/mol. The lowest BCUT2D eigenvalue weighted by atomic mass is 10.3. The van der Waals surface area contributed by atoms with E-state index in [-0.39, 0.29) is 5.91 Å². The lowest BCUT2D eigenvalue weighted by Gasteiger charge is -2.24. The third kappa shape index (κ3) is 4.12. The molecule has 0 N–H and O–H groups in total. The highest BCUT2D eigenvalue weighted by atomic mass is 35.5. The highest BCUT2D eigenvalue weighted by molar-refractivity contribution is 7.23. The summed E-state index contributed by atoms with van der Waals surface area (Å²) in [6.07, 6.45) is 0. The van der Waals surface area contributed by atoms with E-state index in [4.69, 9.17) is 21.3 Å². The third-order valence-corrected chi connectivity index (χ3v) is 6.88. The van der Waals surface area contributed by atoms with Crippen molar-refractivity contribution in [2.75, 3.05) is 38.2 Å². The summed E-state index contributed by atoms with van der Waals surface area (Å²) in [5, 5.41) is 5.16. The van der Waals surface area contributed by atoms with Gasteiger partial charge in [0.1, 0.15) is 16.1 Å². The number of amides is 1. The average Bonchev–Trinajstić information content (AvgIpc) is 3.32. The zero-order valence-electron chi connectivity index (χ0n) is 16.2. The number of anilines is 1. The van der Waals surface area contributed by atoms with Crippen LogP contribution in [0.15, 0.2) is 12.1 Å². The van der Waals surface area contributed by atoms with Crippen molar-refractivity contribution in [1.82, 2.24) is 19.5 Å². The van der Waals surface area contributed by atoms with Gasteiger partial charge < -0.3 is 9.64 Å². The molecule has 1 amide bonds. The molecule has 1 aromatic carbocycles. The molecule has 0 saturated carbocycles. The van der Waals surface area contributed by atoms with E-state index in [0.717, 1.165) is 35.9 Å². The number of fused-ring (bicyclic) bond motifs is 1. The van der Waals surface area contributed by atoms with E-state index in [9.17, 15) is 4.79 Å². The Balaban J connectivity index is 2.03. The van der Waals surface area contributed by atoms with Gasteiger partial charge in [0.05, 0.1) is 22.5 Å². The van der Waals surface area contributed by atoms with Crippen molar-refractivity contribution in [2.24, 2.45) is 0 Å². The molecule has 2 aromatic heterocycles. The second-order valence-corrected chi connectivity index (χ2v) is 8.23. The zero-order chi connectivity index (χ0) is 20.3. The number of ether oxygens (including phenoxy) is 1. The van der Waals surface area contributed by atoms with Gasteiger partial charge >= 0.3 is 0 Å². The third-order valence-electron chi connectivity index (χ3n) is 4.52. The number of aromatic nitrogens is 3. The fourth-order valence-electron chi connectivity index (χ4n) is 2.84.